The quantitative estimate of drug-likeness (QED) is 0.216. The Kier molecular flexibility index (Phi) is 9.00. The lowest BCUT2D eigenvalue weighted by Crippen LogP contribution is -2.27. The maximum absolute atomic E-state index is 13.1. The van der Waals surface area contributed by atoms with Crippen molar-refractivity contribution in [2.24, 2.45) is 0 Å². The van der Waals surface area contributed by atoms with Crippen LogP contribution in [0.3, 0.4) is 0 Å². The Morgan fingerprint density at radius 3 is 2.54 bits per heavy atom. The fraction of sp³-hybridized carbons (Fsp3) is 0.115. The van der Waals surface area contributed by atoms with Crippen LogP contribution in [0.5, 0.6) is 11.5 Å². The summed E-state index contributed by atoms with van der Waals surface area (Å²) in [4.78, 5) is 27.3. The smallest absolute Gasteiger partial charge is 0.270 e. The lowest BCUT2D eigenvalue weighted by atomic mass is 10.1. The van der Waals surface area contributed by atoms with Gasteiger partial charge in [0.1, 0.15) is 0 Å². The van der Waals surface area contributed by atoms with Gasteiger partial charge in [-0.3, -0.25) is 14.5 Å². The highest BCUT2D eigenvalue weighted by Crippen LogP contribution is 2.40. The summed E-state index contributed by atoms with van der Waals surface area (Å²) >= 11 is 24.8. The number of benzene rings is 3. The zero-order valence-electron chi connectivity index (χ0n) is 19.3. The Hall–Kier alpha value is -2.75. The Bertz CT molecular complexity index is 1410. The molecule has 37 heavy (non-hydrogen) atoms. The van der Waals surface area contributed by atoms with E-state index in [4.69, 9.17) is 56.5 Å². The van der Waals surface area contributed by atoms with Crippen LogP contribution in [0, 0.1) is 0 Å². The first kappa shape index (κ1) is 27.3. The first-order valence-electron chi connectivity index (χ1n) is 10.9. The van der Waals surface area contributed by atoms with Crippen LogP contribution in [0.1, 0.15) is 12.5 Å². The molecule has 3 aromatic rings. The minimum atomic E-state index is -0.349. The number of ether oxygens (including phenoxy) is 2. The summed E-state index contributed by atoms with van der Waals surface area (Å²) in [5.41, 5.74) is 1.73. The molecule has 1 fully saturated rings. The molecule has 4 rings (SSSR count). The molecule has 1 heterocycles. The van der Waals surface area contributed by atoms with Crippen molar-refractivity contribution in [3.63, 3.8) is 0 Å². The maximum Gasteiger partial charge on any atom is 0.270 e. The molecule has 11 heteroatoms. The molecule has 1 aliphatic rings. The fourth-order valence-electron chi connectivity index (χ4n) is 3.40. The second-order valence-corrected chi connectivity index (χ2v) is 10.6. The third kappa shape index (κ3) is 6.77. The molecule has 6 nitrogen and oxygen atoms in total. The molecule has 0 saturated carbocycles. The van der Waals surface area contributed by atoms with Crippen LogP contribution in [0.25, 0.3) is 6.08 Å². The molecule has 0 unspecified atom stereocenters. The van der Waals surface area contributed by atoms with E-state index in [0.717, 1.165) is 0 Å². The van der Waals surface area contributed by atoms with Crippen LogP contribution in [0.2, 0.25) is 15.1 Å². The normalized spacial score (nSPS) is 14.3. The van der Waals surface area contributed by atoms with Crippen molar-refractivity contribution >= 4 is 92.4 Å². The average molecular weight is 594 g/mol. The molecule has 0 aromatic heterocycles. The number of thiocarbonyl (C=S) groups is 1. The fourth-order valence-corrected chi connectivity index (χ4v) is 5.37. The summed E-state index contributed by atoms with van der Waals surface area (Å²) in [6, 6.07) is 16.9. The van der Waals surface area contributed by atoms with Gasteiger partial charge in [-0.05, 0) is 67.1 Å². The number of halogens is 3. The topological polar surface area (TPSA) is 67.9 Å². The van der Waals surface area contributed by atoms with E-state index in [1.54, 1.807) is 66.7 Å². The molecule has 0 bridgehead atoms. The lowest BCUT2D eigenvalue weighted by Gasteiger charge is -2.16. The van der Waals surface area contributed by atoms with E-state index in [1.807, 2.05) is 6.92 Å². The van der Waals surface area contributed by atoms with Gasteiger partial charge in [-0.1, -0.05) is 70.9 Å². The predicted octanol–water partition coefficient (Wildman–Crippen LogP) is 7.47. The van der Waals surface area contributed by atoms with Crippen molar-refractivity contribution in [1.82, 2.24) is 0 Å². The van der Waals surface area contributed by atoms with Gasteiger partial charge in [-0.2, -0.15) is 0 Å². The van der Waals surface area contributed by atoms with E-state index in [9.17, 15) is 9.59 Å². The van der Waals surface area contributed by atoms with E-state index in [-0.39, 0.29) is 18.4 Å². The maximum atomic E-state index is 13.1. The number of carbonyl (C=O) groups excluding carboxylic acids is 2. The Balaban J connectivity index is 1.49. The van der Waals surface area contributed by atoms with Crippen LogP contribution >= 0.6 is 58.8 Å². The standard InChI is InChI=1S/C26H19Cl3N2O4S2/c1-2-34-22-10-15(6-9-21(22)35-14-24(32)30-18-5-3-4-16(27)12-18)11-23-25(33)31(26(36)37-23)20-8-7-17(28)13-19(20)29/h3-13H,2,14H2,1H3,(H,30,32)/b23-11-. The number of hydrogen-bond donors (Lipinski definition) is 1. The van der Waals surface area contributed by atoms with E-state index in [1.165, 1.54) is 16.7 Å². The number of carbonyl (C=O) groups is 2. The number of hydrogen-bond acceptors (Lipinski definition) is 6. The molecule has 0 radical (unpaired) electrons. The highest BCUT2D eigenvalue weighted by atomic mass is 35.5. The summed E-state index contributed by atoms with van der Waals surface area (Å²) in [7, 11) is 0. The van der Waals surface area contributed by atoms with Crippen LogP contribution in [-0.2, 0) is 9.59 Å². The second-order valence-electron chi connectivity index (χ2n) is 7.60. The van der Waals surface area contributed by atoms with Gasteiger partial charge in [-0.15, -0.1) is 0 Å². The number of anilines is 2. The van der Waals surface area contributed by atoms with Crippen molar-refractivity contribution in [2.75, 3.05) is 23.4 Å². The lowest BCUT2D eigenvalue weighted by molar-refractivity contribution is -0.118. The van der Waals surface area contributed by atoms with Gasteiger partial charge in [-0.25, -0.2) is 0 Å². The molecule has 1 aliphatic heterocycles. The molecule has 0 spiro atoms. The van der Waals surface area contributed by atoms with Crippen molar-refractivity contribution in [1.29, 1.82) is 0 Å². The second kappa shape index (κ2) is 12.2. The van der Waals surface area contributed by atoms with Crippen molar-refractivity contribution in [3.8, 4) is 11.5 Å². The predicted molar refractivity (Wildman–Crippen MR) is 155 cm³/mol. The molecule has 3 aromatic carbocycles. The van der Waals surface area contributed by atoms with Gasteiger partial charge in [0.05, 0.1) is 22.2 Å². The molecule has 2 amide bonds. The minimum Gasteiger partial charge on any atom is -0.490 e. The van der Waals surface area contributed by atoms with Crippen molar-refractivity contribution < 1.29 is 19.1 Å². The summed E-state index contributed by atoms with van der Waals surface area (Å²) in [6.45, 7) is 1.99. The monoisotopic (exact) mass is 592 g/mol. The summed E-state index contributed by atoms with van der Waals surface area (Å²) in [6.07, 6.45) is 1.71. The molecule has 190 valence electrons. The van der Waals surface area contributed by atoms with Crippen LogP contribution in [0.4, 0.5) is 11.4 Å². The Labute approximate surface area is 238 Å². The largest absolute Gasteiger partial charge is 0.490 e. The highest BCUT2D eigenvalue weighted by molar-refractivity contribution is 8.27. The Morgan fingerprint density at radius 1 is 1.03 bits per heavy atom. The van der Waals surface area contributed by atoms with Gasteiger partial charge in [0.15, 0.2) is 22.4 Å². The van der Waals surface area contributed by atoms with E-state index < -0.39 is 0 Å². The highest BCUT2D eigenvalue weighted by Gasteiger charge is 2.34. The molecular formula is C26H19Cl3N2O4S2. The Morgan fingerprint density at radius 2 is 1.81 bits per heavy atom. The third-order valence-corrected chi connectivity index (χ3v) is 7.05. The van der Waals surface area contributed by atoms with Gasteiger partial charge >= 0.3 is 0 Å². The molecule has 0 atom stereocenters. The summed E-state index contributed by atoms with van der Waals surface area (Å²) in [5, 5.41) is 4.02. The van der Waals surface area contributed by atoms with E-state index in [0.29, 0.717) is 59.3 Å². The molecule has 1 N–H and O–H groups in total. The molecule has 1 saturated heterocycles. The zero-order valence-corrected chi connectivity index (χ0v) is 23.2. The van der Waals surface area contributed by atoms with Gasteiger partial charge in [0.25, 0.3) is 11.8 Å². The zero-order chi connectivity index (χ0) is 26.5. The molecular weight excluding hydrogens is 575 g/mol. The number of rotatable bonds is 8. The first-order valence-corrected chi connectivity index (χ1v) is 13.3. The number of thioether (sulfide) groups is 1. The van der Waals surface area contributed by atoms with Gasteiger partial charge < -0.3 is 14.8 Å². The summed E-state index contributed by atoms with van der Waals surface area (Å²) < 4.78 is 11.8. The number of nitrogens with zero attached hydrogens (tertiary/aromatic N) is 1. The van der Waals surface area contributed by atoms with Crippen LogP contribution in [-0.4, -0.2) is 29.3 Å². The van der Waals surface area contributed by atoms with Crippen LogP contribution < -0.4 is 19.7 Å². The molecule has 0 aliphatic carbocycles. The van der Waals surface area contributed by atoms with Gasteiger partial charge in [0, 0.05) is 15.7 Å². The number of nitrogens with one attached hydrogen (secondary N) is 1. The van der Waals surface area contributed by atoms with E-state index >= 15 is 0 Å². The summed E-state index contributed by atoms with van der Waals surface area (Å²) in [5.74, 6) is 0.178. The van der Waals surface area contributed by atoms with Crippen LogP contribution in [0.15, 0.2) is 65.6 Å². The van der Waals surface area contributed by atoms with Crippen molar-refractivity contribution in [3.05, 3.63) is 86.2 Å². The van der Waals surface area contributed by atoms with E-state index in [2.05, 4.69) is 5.32 Å². The van der Waals surface area contributed by atoms with Gasteiger partial charge in [0.2, 0.25) is 0 Å². The van der Waals surface area contributed by atoms with Crippen molar-refractivity contribution in [2.45, 2.75) is 6.92 Å². The third-order valence-electron chi connectivity index (χ3n) is 4.98. The minimum absolute atomic E-state index is 0.230. The average Bonchev–Trinajstić information content (AvgIpc) is 3.11. The SMILES string of the molecule is CCOc1cc(/C=C2\SC(=S)N(c3ccc(Cl)cc3Cl)C2=O)ccc1OCC(=O)Nc1cccc(Cl)c1. The number of amides is 2. The first-order chi connectivity index (χ1) is 17.7.